The maximum atomic E-state index is 11.5. The third-order valence-corrected chi connectivity index (χ3v) is 3.85. The summed E-state index contributed by atoms with van der Waals surface area (Å²) in [5, 5.41) is 0. The maximum absolute atomic E-state index is 11.5. The molecule has 4 heteroatoms. The van der Waals surface area contributed by atoms with Crippen LogP contribution in [0.25, 0.3) is 0 Å². The van der Waals surface area contributed by atoms with E-state index in [4.69, 9.17) is 4.74 Å². The average molecular weight is 317 g/mol. The molecule has 0 spiro atoms. The Hall–Kier alpha value is -0.480. The van der Waals surface area contributed by atoms with Crippen molar-refractivity contribution in [2.45, 2.75) is 37.7 Å². The summed E-state index contributed by atoms with van der Waals surface area (Å²) in [4.78, 5) is 12.6. The van der Waals surface area contributed by atoms with Crippen molar-refractivity contribution < 1.29 is 9.53 Å². The van der Waals surface area contributed by atoms with Crippen molar-refractivity contribution in [1.29, 1.82) is 0 Å². The van der Waals surface area contributed by atoms with E-state index >= 15 is 0 Å². The summed E-state index contributed by atoms with van der Waals surface area (Å²) in [5.74, 6) is 0.592. The highest BCUT2D eigenvalue weighted by atomic mass is 79.9. The second-order valence-corrected chi connectivity index (χ2v) is 6.61. The van der Waals surface area contributed by atoms with Crippen molar-refractivity contribution in [3.05, 3.63) is 28.7 Å². The fraction of sp³-hybridized carbons (Fsp3) is 0.462. The highest BCUT2D eigenvalue weighted by Crippen LogP contribution is 2.27. The normalized spacial score (nSPS) is 11.3. The quantitative estimate of drug-likeness (QED) is 0.613. The van der Waals surface area contributed by atoms with Crippen molar-refractivity contribution in [3.63, 3.8) is 0 Å². The molecule has 0 radical (unpaired) electrons. The number of carbonyl (C=O) groups excluding carboxylic acids is 1. The van der Waals surface area contributed by atoms with Gasteiger partial charge in [-0.2, -0.15) is 0 Å². The molecule has 1 rings (SSSR count). The Kier molecular flexibility index (Phi) is 5.53. The van der Waals surface area contributed by atoms with E-state index < -0.39 is 5.60 Å². The molecule has 0 bridgehead atoms. The molecule has 0 unspecified atom stereocenters. The molecule has 0 aliphatic carbocycles. The van der Waals surface area contributed by atoms with Gasteiger partial charge in [0.1, 0.15) is 5.60 Å². The average Bonchev–Trinajstić information content (AvgIpc) is 2.18. The molecule has 1 aromatic carbocycles. The van der Waals surface area contributed by atoms with Crippen molar-refractivity contribution in [1.82, 2.24) is 0 Å². The lowest BCUT2D eigenvalue weighted by atomic mass is 10.2. The maximum Gasteiger partial charge on any atom is 0.307 e. The minimum atomic E-state index is -0.394. The van der Waals surface area contributed by atoms with Gasteiger partial charge in [-0.1, -0.05) is 12.1 Å². The molecule has 17 heavy (non-hydrogen) atoms. The van der Waals surface area contributed by atoms with Crippen LogP contribution in [-0.4, -0.2) is 17.3 Å². The lowest BCUT2D eigenvalue weighted by Gasteiger charge is -2.19. The lowest BCUT2D eigenvalue weighted by molar-refractivity contribution is -0.154. The van der Waals surface area contributed by atoms with E-state index in [1.165, 1.54) is 0 Å². The Morgan fingerprint density at radius 2 is 2.00 bits per heavy atom. The first-order valence-electron chi connectivity index (χ1n) is 5.48. The molecule has 1 aromatic rings. The number of halogens is 1. The molecule has 0 aliphatic rings. The van der Waals surface area contributed by atoms with Crippen molar-refractivity contribution in [3.8, 4) is 0 Å². The summed E-state index contributed by atoms with van der Waals surface area (Å²) >= 11 is 5.13. The molecule has 0 fully saturated rings. The zero-order chi connectivity index (χ0) is 12.9. The van der Waals surface area contributed by atoms with Crippen LogP contribution in [0.3, 0.4) is 0 Å². The molecule has 0 aliphatic heterocycles. The SMILES string of the molecule is CC(C)(C)OC(=O)CCSc1ccccc1Br. The number of thioether (sulfide) groups is 1. The van der Waals surface area contributed by atoms with Crippen LogP contribution in [0.1, 0.15) is 27.2 Å². The predicted molar refractivity (Wildman–Crippen MR) is 75.3 cm³/mol. The van der Waals surface area contributed by atoms with Gasteiger partial charge >= 0.3 is 5.97 Å². The fourth-order valence-corrected chi connectivity index (χ4v) is 2.70. The second kappa shape index (κ2) is 6.45. The highest BCUT2D eigenvalue weighted by Gasteiger charge is 2.15. The first kappa shape index (κ1) is 14.6. The number of carbonyl (C=O) groups is 1. The molecule has 94 valence electrons. The molecule has 0 saturated carbocycles. The van der Waals surface area contributed by atoms with E-state index in [9.17, 15) is 4.79 Å². The molecule has 0 saturated heterocycles. The minimum Gasteiger partial charge on any atom is -0.460 e. The molecule has 0 N–H and O–H groups in total. The summed E-state index contributed by atoms with van der Waals surface area (Å²) in [6, 6.07) is 7.99. The van der Waals surface area contributed by atoms with Crippen molar-refractivity contribution in [2.24, 2.45) is 0 Å². The van der Waals surface area contributed by atoms with E-state index in [1.807, 2.05) is 45.0 Å². The Morgan fingerprint density at radius 1 is 1.35 bits per heavy atom. The summed E-state index contributed by atoms with van der Waals surface area (Å²) in [7, 11) is 0. The van der Waals surface area contributed by atoms with E-state index in [0.29, 0.717) is 6.42 Å². The number of hydrogen-bond donors (Lipinski definition) is 0. The smallest absolute Gasteiger partial charge is 0.307 e. The van der Waals surface area contributed by atoms with Crippen LogP contribution in [0.15, 0.2) is 33.6 Å². The van der Waals surface area contributed by atoms with Gasteiger partial charge < -0.3 is 4.74 Å². The van der Waals surface area contributed by atoms with E-state index in [0.717, 1.165) is 15.1 Å². The monoisotopic (exact) mass is 316 g/mol. The van der Waals surface area contributed by atoms with Gasteiger partial charge in [0, 0.05) is 15.1 Å². The molecule has 0 atom stereocenters. The molecular formula is C13H17BrO2S. The number of ether oxygens (including phenoxy) is 1. The number of hydrogen-bond acceptors (Lipinski definition) is 3. The van der Waals surface area contributed by atoms with Crippen molar-refractivity contribution >= 4 is 33.7 Å². The summed E-state index contributed by atoms with van der Waals surface area (Å²) in [6.07, 6.45) is 0.434. The van der Waals surface area contributed by atoms with Gasteiger partial charge in [-0.15, -0.1) is 11.8 Å². The van der Waals surface area contributed by atoms with Gasteiger partial charge in [-0.05, 0) is 48.8 Å². The van der Waals surface area contributed by atoms with Crippen LogP contribution in [0.5, 0.6) is 0 Å². The van der Waals surface area contributed by atoms with Gasteiger partial charge in [-0.3, -0.25) is 4.79 Å². The Balaban J connectivity index is 2.34. The Morgan fingerprint density at radius 3 is 2.59 bits per heavy atom. The van der Waals surface area contributed by atoms with Gasteiger partial charge in [0.05, 0.1) is 6.42 Å². The number of benzene rings is 1. The molecule has 2 nitrogen and oxygen atoms in total. The molecule has 0 amide bonds. The van der Waals surface area contributed by atoms with Crippen LogP contribution in [0.4, 0.5) is 0 Å². The largest absolute Gasteiger partial charge is 0.460 e. The Bertz CT molecular complexity index is 385. The van der Waals surface area contributed by atoms with E-state index in [1.54, 1.807) is 11.8 Å². The lowest BCUT2D eigenvalue weighted by Crippen LogP contribution is -2.23. The fourth-order valence-electron chi connectivity index (χ4n) is 1.20. The summed E-state index contributed by atoms with van der Waals surface area (Å²) < 4.78 is 6.31. The standard InChI is InChI=1S/C13H17BrO2S/c1-13(2,3)16-12(15)8-9-17-11-7-5-4-6-10(11)14/h4-7H,8-9H2,1-3H3. The summed E-state index contributed by atoms with van der Waals surface area (Å²) in [5.41, 5.74) is -0.394. The minimum absolute atomic E-state index is 0.142. The van der Waals surface area contributed by atoms with Gasteiger partial charge in [0.25, 0.3) is 0 Å². The number of esters is 1. The van der Waals surface area contributed by atoms with E-state index in [-0.39, 0.29) is 5.97 Å². The van der Waals surface area contributed by atoms with Crippen LogP contribution < -0.4 is 0 Å². The van der Waals surface area contributed by atoms with Gasteiger partial charge in [-0.25, -0.2) is 0 Å². The van der Waals surface area contributed by atoms with Crippen LogP contribution in [0, 0.1) is 0 Å². The predicted octanol–water partition coefficient (Wildman–Crippen LogP) is 4.27. The second-order valence-electron chi connectivity index (χ2n) is 4.62. The molecular weight excluding hydrogens is 300 g/mol. The highest BCUT2D eigenvalue weighted by molar-refractivity contribution is 9.10. The van der Waals surface area contributed by atoms with E-state index in [2.05, 4.69) is 15.9 Å². The third-order valence-electron chi connectivity index (χ3n) is 1.82. The molecule has 0 heterocycles. The van der Waals surface area contributed by atoms with Crippen LogP contribution in [-0.2, 0) is 9.53 Å². The van der Waals surface area contributed by atoms with Gasteiger partial charge in [0.2, 0.25) is 0 Å². The topological polar surface area (TPSA) is 26.3 Å². The number of rotatable bonds is 4. The third kappa shape index (κ3) is 6.13. The zero-order valence-corrected chi connectivity index (χ0v) is 12.7. The van der Waals surface area contributed by atoms with Gasteiger partial charge in [0.15, 0.2) is 0 Å². The van der Waals surface area contributed by atoms with Crippen LogP contribution in [0.2, 0.25) is 0 Å². The first-order valence-corrected chi connectivity index (χ1v) is 7.25. The van der Waals surface area contributed by atoms with Crippen LogP contribution >= 0.6 is 27.7 Å². The Labute approximate surface area is 115 Å². The summed E-state index contributed by atoms with van der Waals surface area (Å²) in [6.45, 7) is 5.64. The molecule has 0 aromatic heterocycles. The first-order chi connectivity index (χ1) is 7.88. The van der Waals surface area contributed by atoms with Crippen molar-refractivity contribution in [2.75, 3.05) is 5.75 Å². The zero-order valence-electron chi connectivity index (χ0n) is 10.3.